The molecular weight excluding hydrogens is 1540 g/mol. The lowest BCUT2D eigenvalue weighted by atomic mass is 9.93. The largest absolute Gasteiger partial charge is 0.394 e. The minimum Gasteiger partial charge on any atom is -0.394 e. The molecule has 9 saturated heterocycles. The average Bonchev–Trinajstić information content (AvgIpc) is 0.770. The standard InChI is InChI=1S/C62H104N4O46/c1-14(75)63-27-36(84)47(22(9-71)97-54(27)95)106-55-28(64-15(2)76)37(85)49(24(11-73)102-55)109-61-46(94)52(111-60-45(93)42(90)50(25(12-74)104-60)107-57-30(66-17(4)78)51(34(82)21(8-70)98-57)110-59-44(92)40(88)32(80)19(6-68)100-59)35(83)26(105-61)13-96-62-53(41(89)33(81)20(7-69)101-62)112-56-29(65-16(3)77)38(86)48(23(10-72)103-56)108-58-43(91)39(87)31(79)18(5-67)99-58/h18-62,67-74,79-95H,5-13H2,1-4H3,(H,63,75)(H,64,76)(H,65,77)(H,66,78)/t18-,19-,20-,21-,22-,23-,24-,25-,26-,27-,28-,29-,30-,31+,32+,33-,34-,35-,36-,37-,38-,39+,40+,41+,42-,43-,44-,45+,46+,47-,48-,49-,50-,51-,52+,53+,54-,55+,56+,57+,58+,59+,60-,61+,62+/m1/s1. The molecule has 4 amide bonds. The van der Waals surface area contributed by atoms with Crippen LogP contribution < -0.4 is 21.3 Å². The summed E-state index contributed by atoms with van der Waals surface area (Å²) in [5, 5.41) is 286. The van der Waals surface area contributed by atoms with Gasteiger partial charge in [-0.15, -0.1) is 0 Å². The van der Waals surface area contributed by atoms with E-state index in [-0.39, 0.29) is 0 Å². The topological polar surface area (TPSA) is 779 Å². The Balaban J connectivity index is 1.02. The minimum atomic E-state index is -2.53. The summed E-state index contributed by atoms with van der Waals surface area (Å²) in [7, 11) is 0. The van der Waals surface area contributed by atoms with Gasteiger partial charge in [0, 0.05) is 27.7 Å². The Morgan fingerprint density at radius 3 is 0.920 bits per heavy atom. The Morgan fingerprint density at radius 2 is 0.491 bits per heavy atom. The molecule has 0 bridgehead atoms. The summed E-state index contributed by atoms with van der Waals surface area (Å²) in [5.74, 6) is -3.55. The SMILES string of the molecule is CC(=O)N[C@@H]1[C@@H](O)[C@H](O[C@@H]2O[C@H](CO)[C@@H](O[C@@H]3O[C@H](CO[C@H]4O[C@H](CO)[C@@H](O)[C@H](O)[C@@H]4O[C@@H]4O[C@H](CO)[C@@H](O[C@@H]5O[C@H](CO)[C@H](O)[C@H](O)[C@H]5O)[C@H](O)[C@H]4NC(C)=O)[C@@H](O)[C@H](O[C@H]4O[C@H](CO)[C@@H](O[C@@H]5O[C@H](CO)[C@@H](O)[C@H](O[C@@H]6O[C@H](CO)[C@H](O)[C@H](O)[C@H]6O)[C@H]5NC(C)=O)[C@H](O)[C@@H]4O)[C@@H]3O)[C@H](O)[C@H]2NC(C)=O)[C@@H](CO)O[C@H]1O. The Kier molecular flexibility index (Phi) is 33.1. The molecule has 50 nitrogen and oxygen atoms in total. The molecule has 9 rings (SSSR count). The number of carbonyl (C=O) groups excluding carboxylic acids is 4. The third kappa shape index (κ3) is 20.2. The Bertz CT molecular complexity index is 2970. The van der Waals surface area contributed by atoms with Gasteiger partial charge < -0.3 is 229 Å². The number of rotatable bonds is 29. The molecule has 9 aliphatic rings. The van der Waals surface area contributed by atoms with E-state index in [0.29, 0.717) is 0 Å². The lowest BCUT2D eigenvalue weighted by Crippen LogP contribution is -2.71. The van der Waals surface area contributed by atoms with Gasteiger partial charge in [-0.05, 0) is 0 Å². The van der Waals surface area contributed by atoms with Crippen LogP contribution in [0.25, 0.3) is 0 Å². The van der Waals surface area contributed by atoms with E-state index in [9.17, 15) is 147 Å². The molecule has 45 atom stereocenters. The van der Waals surface area contributed by atoms with Gasteiger partial charge in [-0.3, -0.25) is 19.2 Å². The second-order valence-corrected chi connectivity index (χ2v) is 28.2. The summed E-state index contributed by atoms with van der Waals surface area (Å²) in [6.07, 6.45) is -84.3. The molecule has 29 N–H and O–H groups in total. The molecule has 0 aromatic rings. The van der Waals surface area contributed by atoms with Gasteiger partial charge in [0.15, 0.2) is 56.6 Å². The van der Waals surface area contributed by atoms with Crippen molar-refractivity contribution < 1.29 is 227 Å². The van der Waals surface area contributed by atoms with Crippen molar-refractivity contribution >= 4 is 23.6 Å². The van der Waals surface area contributed by atoms with Crippen LogP contribution in [0.2, 0.25) is 0 Å². The zero-order valence-electron chi connectivity index (χ0n) is 60.1. The molecule has 0 unspecified atom stereocenters. The Labute approximate surface area is 634 Å². The summed E-state index contributed by atoms with van der Waals surface area (Å²) < 4.78 is 100. The molecule has 0 saturated carbocycles. The lowest BCUT2D eigenvalue weighted by molar-refractivity contribution is -0.394. The van der Waals surface area contributed by atoms with E-state index in [2.05, 4.69) is 21.3 Å². The highest BCUT2D eigenvalue weighted by atomic mass is 16.8. The molecule has 648 valence electrons. The number of aliphatic hydroxyl groups excluding tert-OH is 25. The Morgan fingerprint density at radius 1 is 0.232 bits per heavy atom. The van der Waals surface area contributed by atoms with Crippen LogP contribution in [-0.4, -0.2) is 487 Å². The number of ether oxygens (including phenoxy) is 17. The van der Waals surface area contributed by atoms with Crippen LogP contribution in [0, 0.1) is 0 Å². The highest BCUT2D eigenvalue weighted by Gasteiger charge is 2.61. The van der Waals surface area contributed by atoms with Crippen molar-refractivity contribution in [1.29, 1.82) is 0 Å². The van der Waals surface area contributed by atoms with Crippen molar-refractivity contribution in [1.82, 2.24) is 21.3 Å². The highest BCUT2D eigenvalue weighted by molar-refractivity contribution is 5.74. The zero-order valence-corrected chi connectivity index (χ0v) is 60.1. The molecule has 9 heterocycles. The van der Waals surface area contributed by atoms with E-state index in [1.165, 1.54) is 0 Å². The molecule has 9 aliphatic heterocycles. The van der Waals surface area contributed by atoms with Crippen LogP contribution in [0.5, 0.6) is 0 Å². The quantitative estimate of drug-likeness (QED) is 0.0331. The molecular formula is C62H104N4O46. The predicted molar refractivity (Wildman–Crippen MR) is 343 cm³/mol. The number of hydrogen-bond acceptors (Lipinski definition) is 46. The fourth-order valence-corrected chi connectivity index (χ4v) is 14.5. The molecule has 9 fully saturated rings. The predicted octanol–water partition coefficient (Wildman–Crippen LogP) is -20.1. The van der Waals surface area contributed by atoms with Gasteiger partial charge in [-0.25, -0.2) is 0 Å². The fraction of sp³-hybridized carbons (Fsp3) is 0.935. The van der Waals surface area contributed by atoms with Gasteiger partial charge in [0.25, 0.3) is 0 Å². The highest BCUT2D eigenvalue weighted by Crippen LogP contribution is 2.40. The van der Waals surface area contributed by atoms with Gasteiger partial charge in [0.05, 0.1) is 59.5 Å². The van der Waals surface area contributed by atoms with Crippen molar-refractivity contribution in [2.45, 2.75) is 304 Å². The van der Waals surface area contributed by atoms with E-state index in [0.717, 1.165) is 27.7 Å². The molecule has 112 heavy (non-hydrogen) atoms. The van der Waals surface area contributed by atoms with Crippen molar-refractivity contribution in [2.24, 2.45) is 0 Å². The second-order valence-electron chi connectivity index (χ2n) is 28.2. The molecule has 0 aliphatic carbocycles. The molecule has 0 radical (unpaired) electrons. The van der Waals surface area contributed by atoms with Crippen LogP contribution in [-0.2, 0) is 99.7 Å². The second kappa shape index (κ2) is 40.3. The summed E-state index contributed by atoms with van der Waals surface area (Å²) in [4.78, 5) is 50.7. The van der Waals surface area contributed by atoms with E-state index in [1.807, 2.05) is 0 Å². The van der Waals surface area contributed by atoms with Crippen molar-refractivity contribution in [2.75, 3.05) is 59.5 Å². The first-order valence-electron chi connectivity index (χ1n) is 35.6. The third-order valence-corrected chi connectivity index (χ3v) is 20.4. The van der Waals surface area contributed by atoms with Crippen LogP contribution in [0.3, 0.4) is 0 Å². The van der Waals surface area contributed by atoms with E-state index >= 15 is 0 Å². The monoisotopic (exact) mass is 1640 g/mol. The van der Waals surface area contributed by atoms with Crippen LogP contribution in [0.15, 0.2) is 0 Å². The maximum Gasteiger partial charge on any atom is 0.217 e. The van der Waals surface area contributed by atoms with Crippen LogP contribution >= 0.6 is 0 Å². The number of nitrogens with one attached hydrogen (secondary N) is 4. The Hall–Kier alpha value is -3.80. The fourth-order valence-electron chi connectivity index (χ4n) is 14.5. The maximum absolute atomic E-state index is 12.9. The van der Waals surface area contributed by atoms with Gasteiger partial charge in [0.1, 0.15) is 219 Å². The van der Waals surface area contributed by atoms with Gasteiger partial charge in [-0.1, -0.05) is 0 Å². The van der Waals surface area contributed by atoms with Crippen molar-refractivity contribution in [3.05, 3.63) is 0 Å². The minimum absolute atomic E-state index is 0.782. The van der Waals surface area contributed by atoms with Crippen LogP contribution in [0.1, 0.15) is 27.7 Å². The van der Waals surface area contributed by atoms with Gasteiger partial charge >= 0.3 is 0 Å². The smallest absolute Gasteiger partial charge is 0.217 e. The molecule has 0 aromatic carbocycles. The van der Waals surface area contributed by atoms with E-state index < -0.39 is 359 Å². The van der Waals surface area contributed by atoms with E-state index in [4.69, 9.17) is 80.5 Å². The molecule has 50 heteroatoms. The number of hydrogen-bond donors (Lipinski definition) is 29. The number of amides is 4. The summed E-state index contributed by atoms with van der Waals surface area (Å²) in [5.41, 5.74) is 0. The van der Waals surface area contributed by atoms with E-state index in [1.54, 1.807) is 0 Å². The van der Waals surface area contributed by atoms with Crippen molar-refractivity contribution in [3.63, 3.8) is 0 Å². The van der Waals surface area contributed by atoms with Gasteiger partial charge in [0.2, 0.25) is 23.6 Å². The number of aliphatic hydroxyl groups is 25. The molecule has 0 aromatic heterocycles. The summed E-state index contributed by atoms with van der Waals surface area (Å²) in [6, 6.07) is -7.26. The van der Waals surface area contributed by atoms with Crippen molar-refractivity contribution in [3.8, 4) is 0 Å². The first kappa shape index (κ1) is 92.1. The first-order valence-corrected chi connectivity index (χ1v) is 35.6. The van der Waals surface area contributed by atoms with Gasteiger partial charge in [-0.2, -0.15) is 0 Å². The molecule has 0 spiro atoms. The lowest BCUT2D eigenvalue weighted by Gasteiger charge is -2.51. The van der Waals surface area contributed by atoms with Crippen LogP contribution in [0.4, 0.5) is 0 Å². The maximum atomic E-state index is 12.9. The summed E-state index contributed by atoms with van der Waals surface area (Å²) >= 11 is 0. The normalized spacial score (nSPS) is 48.9. The number of carbonyl (C=O) groups is 4. The third-order valence-electron chi connectivity index (χ3n) is 20.4. The first-order chi connectivity index (χ1) is 53.0. The average molecular weight is 1640 g/mol. The zero-order chi connectivity index (χ0) is 82.5. The summed E-state index contributed by atoms with van der Waals surface area (Å²) in [6.45, 7) is -5.86.